The Hall–Kier alpha value is -3.15. The Morgan fingerprint density at radius 2 is 1.81 bits per heavy atom. The third-order valence-electron chi connectivity index (χ3n) is 8.49. The molecule has 6 heterocycles. The van der Waals surface area contributed by atoms with Crippen LogP contribution in [0, 0.1) is 11.3 Å². The lowest BCUT2D eigenvalue weighted by Crippen LogP contribution is -2.64. The standard InChI is InChI=1S/C28H34F3N7O3S/c1-26(2,3)41-25(39)37-10-8-35(9-11-37)18-14-38(15-18)21-12-22(34-23(19(21)13-32)28(29,30)31)36-6-4-27(5-7-36)24-20(16-40-27)33-17-42-24/h12,17-18H,4-11,14-16H2,1-3H3. The zero-order valence-corrected chi connectivity index (χ0v) is 24.7. The van der Waals surface area contributed by atoms with Crippen LogP contribution in [0.2, 0.25) is 0 Å². The third kappa shape index (κ3) is 5.38. The lowest BCUT2D eigenvalue weighted by atomic mass is 9.90. The molecule has 14 heteroatoms. The Morgan fingerprint density at radius 1 is 1.12 bits per heavy atom. The molecule has 0 N–H and O–H groups in total. The molecule has 10 nitrogen and oxygen atoms in total. The number of hydrogen-bond acceptors (Lipinski definition) is 10. The van der Waals surface area contributed by atoms with Gasteiger partial charge in [0.05, 0.1) is 28.4 Å². The number of thiazole rings is 1. The normalized spacial score (nSPS) is 21.3. The van der Waals surface area contributed by atoms with E-state index >= 15 is 0 Å². The van der Waals surface area contributed by atoms with Gasteiger partial charge in [-0.3, -0.25) is 4.90 Å². The van der Waals surface area contributed by atoms with Crippen molar-refractivity contribution in [2.24, 2.45) is 0 Å². The summed E-state index contributed by atoms with van der Waals surface area (Å²) in [6.07, 6.45) is -3.85. The first-order chi connectivity index (χ1) is 19.9. The summed E-state index contributed by atoms with van der Waals surface area (Å²) in [6.45, 7) is 10.3. The van der Waals surface area contributed by atoms with Crippen LogP contribution in [0.1, 0.15) is 55.4 Å². The minimum atomic E-state index is -4.76. The molecule has 6 rings (SSSR count). The maximum absolute atomic E-state index is 14.2. The van der Waals surface area contributed by atoms with Crippen LogP contribution >= 0.6 is 11.3 Å². The first kappa shape index (κ1) is 28.9. The van der Waals surface area contributed by atoms with Gasteiger partial charge in [-0.15, -0.1) is 11.3 Å². The van der Waals surface area contributed by atoms with Crippen LogP contribution < -0.4 is 9.80 Å². The van der Waals surface area contributed by atoms with Crippen molar-refractivity contribution in [2.45, 2.75) is 63.6 Å². The highest BCUT2D eigenvalue weighted by Gasteiger charge is 2.46. The van der Waals surface area contributed by atoms with Gasteiger partial charge in [0.25, 0.3) is 0 Å². The number of aromatic nitrogens is 2. The summed E-state index contributed by atoms with van der Waals surface area (Å²) in [5.74, 6) is 0.225. The van der Waals surface area contributed by atoms with Crippen LogP contribution in [0.4, 0.5) is 29.5 Å². The van der Waals surface area contributed by atoms with Crippen molar-refractivity contribution in [3.63, 3.8) is 0 Å². The zero-order chi connectivity index (χ0) is 29.9. The van der Waals surface area contributed by atoms with Gasteiger partial charge in [-0.05, 0) is 33.6 Å². The number of nitrogens with zero attached hydrogens (tertiary/aromatic N) is 7. The second-order valence-electron chi connectivity index (χ2n) is 12.3. The van der Waals surface area contributed by atoms with Crippen molar-refractivity contribution in [3.05, 3.63) is 33.4 Å². The molecule has 0 aromatic carbocycles. The second-order valence-corrected chi connectivity index (χ2v) is 13.1. The predicted octanol–water partition coefficient (Wildman–Crippen LogP) is 4.20. The number of hydrogen-bond donors (Lipinski definition) is 0. The summed E-state index contributed by atoms with van der Waals surface area (Å²) < 4.78 is 54.1. The van der Waals surface area contributed by atoms with E-state index in [0.717, 1.165) is 10.6 Å². The molecule has 0 unspecified atom stereocenters. The lowest BCUT2D eigenvalue weighted by molar-refractivity contribution is -0.141. The fraction of sp³-hybridized carbons (Fsp3) is 0.643. The molecule has 4 aliphatic rings. The molecular formula is C28H34F3N7O3S. The van der Waals surface area contributed by atoms with Crippen LogP contribution in [0.15, 0.2) is 11.6 Å². The average molecular weight is 606 g/mol. The number of piperazine rings is 1. The van der Waals surface area contributed by atoms with Crippen molar-refractivity contribution < 1.29 is 27.4 Å². The number of pyridine rings is 1. The Balaban J connectivity index is 1.15. The molecule has 42 heavy (non-hydrogen) atoms. The van der Waals surface area contributed by atoms with Gasteiger partial charge in [-0.1, -0.05) is 0 Å². The maximum Gasteiger partial charge on any atom is 0.434 e. The maximum atomic E-state index is 14.2. The molecule has 0 atom stereocenters. The van der Waals surface area contributed by atoms with Crippen molar-refractivity contribution in [2.75, 3.05) is 62.2 Å². The fourth-order valence-electron chi connectivity index (χ4n) is 6.21. The number of anilines is 2. The van der Waals surface area contributed by atoms with Gasteiger partial charge >= 0.3 is 12.3 Å². The minimum absolute atomic E-state index is 0.117. The number of halogens is 3. The van der Waals surface area contributed by atoms with E-state index in [1.54, 1.807) is 28.4 Å². The number of piperidine rings is 1. The number of alkyl halides is 3. The van der Waals surface area contributed by atoms with Crippen molar-refractivity contribution in [1.82, 2.24) is 19.8 Å². The molecule has 1 spiro atoms. The summed E-state index contributed by atoms with van der Waals surface area (Å²) in [4.78, 5) is 29.5. The lowest BCUT2D eigenvalue weighted by Gasteiger charge is -2.49. The van der Waals surface area contributed by atoms with E-state index < -0.39 is 28.6 Å². The van der Waals surface area contributed by atoms with Gasteiger partial charge in [0.15, 0.2) is 5.69 Å². The number of ether oxygens (including phenoxy) is 2. The predicted molar refractivity (Wildman–Crippen MR) is 149 cm³/mol. The molecule has 0 aliphatic carbocycles. The molecule has 0 radical (unpaired) electrons. The molecule has 4 aliphatic heterocycles. The van der Waals surface area contributed by atoms with E-state index in [0.29, 0.717) is 71.8 Å². The number of nitriles is 1. The van der Waals surface area contributed by atoms with Crippen molar-refractivity contribution >= 4 is 28.9 Å². The van der Waals surface area contributed by atoms with Crippen LogP contribution in [0.3, 0.4) is 0 Å². The summed E-state index contributed by atoms with van der Waals surface area (Å²) in [7, 11) is 0. The SMILES string of the molecule is CC(C)(C)OC(=O)N1CCN(C2CN(c3cc(N4CCC5(CC4)OCc4ncsc45)nc(C(F)(F)F)c3C#N)C2)CC1. The number of carbonyl (C=O) groups excluding carboxylic acids is 1. The molecule has 2 aromatic rings. The Bertz CT molecular complexity index is 1380. The zero-order valence-electron chi connectivity index (χ0n) is 23.9. The van der Waals surface area contributed by atoms with Gasteiger partial charge in [0.2, 0.25) is 0 Å². The van der Waals surface area contributed by atoms with Gasteiger partial charge in [0, 0.05) is 64.5 Å². The first-order valence-electron chi connectivity index (χ1n) is 14.2. The monoisotopic (exact) mass is 605 g/mol. The molecular weight excluding hydrogens is 571 g/mol. The first-order valence-corrected chi connectivity index (χ1v) is 15.1. The molecule has 3 saturated heterocycles. The third-order valence-corrected chi connectivity index (χ3v) is 9.54. The van der Waals surface area contributed by atoms with Crippen molar-refractivity contribution in [3.8, 4) is 6.07 Å². The molecule has 2 aromatic heterocycles. The topological polar surface area (TPSA) is 98.1 Å². The summed E-state index contributed by atoms with van der Waals surface area (Å²) in [6, 6.07) is 3.54. The van der Waals surface area contributed by atoms with Gasteiger partial charge in [-0.2, -0.15) is 18.4 Å². The smallest absolute Gasteiger partial charge is 0.434 e. The molecule has 226 valence electrons. The average Bonchev–Trinajstić information content (AvgIpc) is 3.51. The summed E-state index contributed by atoms with van der Waals surface area (Å²) in [5, 5.41) is 9.81. The quantitative estimate of drug-likeness (QED) is 0.510. The number of rotatable bonds is 3. The highest BCUT2D eigenvalue weighted by Crippen LogP contribution is 2.47. The second kappa shape index (κ2) is 10.5. The van der Waals surface area contributed by atoms with Gasteiger partial charge in [-0.25, -0.2) is 14.8 Å². The number of fused-ring (bicyclic) bond motifs is 2. The Morgan fingerprint density at radius 3 is 2.43 bits per heavy atom. The minimum Gasteiger partial charge on any atom is -0.444 e. The van der Waals surface area contributed by atoms with E-state index in [1.807, 2.05) is 36.1 Å². The fourth-order valence-corrected chi connectivity index (χ4v) is 7.22. The van der Waals surface area contributed by atoms with Gasteiger partial charge in [0.1, 0.15) is 28.7 Å². The van der Waals surface area contributed by atoms with E-state index in [9.17, 15) is 23.2 Å². The molecule has 3 fully saturated rings. The van der Waals surface area contributed by atoms with Crippen LogP contribution in [-0.4, -0.2) is 89.9 Å². The van der Waals surface area contributed by atoms with Gasteiger partial charge < -0.3 is 24.2 Å². The van der Waals surface area contributed by atoms with E-state index in [4.69, 9.17) is 9.47 Å². The Labute approximate surface area is 246 Å². The summed E-state index contributed by atoms with van der Waals surface area (Å²) >= 11 is 1.57. The van der Waals surface area contributed by atoms with E-state index in [2.05, 4.69) is 14.9 Å². The Kier molecular flexibility index (Phi) is 7.26. The molecule has 1 amide bonds. The van der Waals surface area contributed by atoms with Crippen LogP contribution in [0.25, 0.3) is 0 Å². The largest absolute Gasteiger partial charge is 0.444 e. The van der Waals surface area contributed by atoms with Crippen LogP contribution in [-0.2, 0) is 27.9 Å². The molecule has 0 saturated carbocycles. The summed E-state index contributed by atoms with van der Waals surface area (Å²) in [5.41, 5.74) is 0.437. The number of amides is 1. The van der Waals surface area contributed by atoms with Crippen molar-refractivity contribution in [1.29, 1.82) is 5.26 Å². The highest BCUT2D eigenvalue weighted by atomic mass is 32.1. The van der Waals surface area contributed by atoms with Crippen LogP contribution in [0.5, 0.6) is 0 Å². The molecule has 0 bridgehead atoms. The van der Waals surface area contributed by atoms with E-state index in [-0.39, 0.29) is 23.6 Å². The van der Waals surface area contributed by atoms with E-state index in [1.165, 1.54) is 0 Å². The highest BCUT2D eigenvalue weighted by molar-refractivity contribution is 7.10. The number of carbonyl (C=O) groups is 1.